The third-order valence-electron chi connectivity index (χ3n) is 17.6. The lowest BCUT2D eigenvalue weighted by atomic mass is 10.1. The summed E-state index contributed by atoms with van der Waals surface area (Å²) in [6.45, 7) is 4.57. The first-order chi connectivity index (χ1) is 54.7. The molecule has 0 aromatic carbocycles. The molecule has 19 heteroatoms. The highest BCUT2D eigenvalue weighted by atomic mass is 31.2. The van der Waals surface area contributed by atoms with Gasteiger partial charge < -0.3 is 33.8 Å². The molecular formula is C93H154O17P2. The average molecular weight is 1610 g/mol. The fourth-order valence-electron chi connectivity index (χ4n) is 11.1. The number of esters is 4. The Bertz CT molecular complexity index is 2790. The van der Waals surface area contributed by atoms with Gasteiger partial charge in [0.15, 0.2) is 12.2 Å². The van der Waals surface area contributed by atoms with Crippen LogP contribution in [-0.2, 0) is 65.4 Å². The molecule has 0 bridgehead atoms. The normalized spacial score (nSPS) is 14.6. The monoisotopic (exact) mass is 1610 g/mol. The van der Waals surface area contributed by atoms with Gasteiger partial charge in [-0.2, -0.15) is 0 Å². The van der Waals surface area contributed by atoms with Crippen molar-refractivity contribution < 1.29 is 80.2 Å². The van der Waals surface area contributed by atoms with Crippen LogP contribution in [0.1, 0.15) is 336 Å². The van der Waals surface area contributed by atoms with E-state index in [-0.39, 0.29) is 25.7 Å². The Balaban J connectivity index is 5.49. The number of carbonyl (C=O) groups excluding carboxylic acids is 4. The lowest BCUT2D eigenvalue weighted by molar-refractivity contribution is -0.161. The van der Waals surface area contributed by atoms with E-state index >= 15 is 0 Å². The molecule has 0 aromatic rings. The number of phosphoric ester groups is 2. The lowest BCUT2D eigenvalue weighted by Crippen LogP contribution is -2.30. The minimum absolute atomic E-state index is 0.0276. The van der Waals surface area contributed by atoms with Crippen LogP contribution in [0.15, 0.2) is 170 Å². The van der Waals surface area contributed by atoms with Crippen LogP contribution < -0.4 is 0 Å². The number of carbonyl (C=O) groups is 4. The molecule has 0 heterocycles. The van der Waals surface area contributed by atoms with Crippen molar-refractivity contribution in [3.8, 4) is 0 Å². The number of aliphatic hydroxyl groups is 1. The van der Waals surface area contributed by atoms with Crippen molar-refractivity contribution in [3.05, 3.63) is 170 Å². The van der Waals surface area contributed by atoms with Gasteiger partial charge in [-0.15, -0.1) is 0 Å². The third-order valence-corrected chi connectivity index (χ3v) is 19.5. The molecule has 0 spiro atoms. The summed E-state index contributed by atoms with van der Waals surface area (Å²) in [5, 5.41) is 10.7. The largest absolute Gasteiger partial charge is 0.472 e. The highest BCUT2D eigenvalue weighted by Crippen LogP contribution is 2.45. The molecule has 0 amide bonds. The van der Waals surface area contributed by atoms with Crippen LogP contribution in [0.4, 0.5) is 0 Å². The Labute approximate surface area is 680 Å². The van der Waals surface area contributed by atoms with Crippen molar-refractivity contribution in [2.45, 2.75) is 354 Å². The van der Waals surface area contributed by atoms with Gasteiger partial charge >= 0.3 is 39.5 Å². The van der Waals surface area contributed by atoms with Gasteiger partial charge in [0.2, 0.25) is 0 Å². The summed E-state index contributed by atoms with van der Waals surface area (Å²) in [5.74, 6) is -2.32. The molecule has 0 aliphatic carbocycles. The van der Waals surface area contributed by atoms with Crippen molar-refractivity contribution in [2.24, 2.45) is 0 Å². The second-order valence-corrected chi connectivity index (χ2v) is 31.3. The second-order valence-electron chi connectivity index (χ2n) is 28.4. The van der Waals surface area contributed by atoms with E-state index in [0.29, 0.717) is 32.1 Å². The van der Waals surface area contributed by atoms with E-state index in [4.69, 9.17) is 37.0 Å². The summed E-state index contributed by atoms with van der Waals surface area (Å²) in [7, 11) is -10.0. The molecule has 0 radical (unpaired) electrons. The van der Waals surface area contributed by atoms with E-state index in [1.165, 1.54) is 57.8 Å². The van der Waals surface area contributed by atoms with Crippen molar-refractivity contribution in [1.82, 2.24) is 0 Å². The molecular weight excluding hydrogens is 1450 g/mol. The fraction of sp³-hybridized carbons (Fsp3) is 0.656. The highest BCUT2D eigenvalue weighted by molar-refractivity contribution is 7.47. The molecule has 5 unspecified atom stereocenters. The van der Waals surface area contributed by atoms with Crippen LogP contribution in [0, 0.1) is 0 Å². The van der Waals surface area contributed by atoms with E-state index in [1.54, 1.807) is 0 Å². The summed E-state index contributed by atoms with van der Waals surface area (Å²) in [6.07, 6.45) is 100. The smallest absolute Gasteiger partial charge is 0.462 e. The Morgan fingerprint density at radius 1 is 0.259 bits per heavy atom. The summed E-state index contributed by atoms with van der Waals surface area (Å²) < 4.78 is 68.8. The van der Waals surface area contributed by atoms with E-state index in [1.807, 2.05) is 18.2 Å². The second kappa shape index (κ2) is 83.4. The van der Waals surface area contributed by atoms with Gasteiger partial charge in [-0.1, -0.05) is 307 Å². The Hall–Kier alpha value is -5.58. The van der Waals surface area contributed by atoms with Gasteiger partial charge in [0.1, 0.15) is 19.3 Å². The van der Waals surface area contributed by atoms with E-state index in [0.717, 1.165) is 193 Å². The zero-order chi connectivity index (χ0) is 81.7. The van der Waals surface area contributed by atoms with Gasteiger partial charge in [-0.25, -0.2) is 9.13 Å². The van der Waals surface area contributed by atoms with Crippen LogP contribution >= 0.6 is 15.6 Å². The van der Waals surface area contributed by atoms with Crippen molar-refractivity contribution >= 4 is 39.5 Å². The lowest BCUT2D eigenvalue weighted by Gasteiger charge is -2.21. The zero-order valence-corrected chi connectivity index (χ0v) is 71.8. The summed E-state index contributed by atoms with van der Waals surface area (Å²) in [4.78, 5) is 73.3. The average Bonchev–Trinajstić information content (AvgIpc) is 0.898. The molecule has 638 valence electrons. The molecule has 3 N–H and O–H groups in total. The van der Waals surface area contributed by atoms with Gasteiger partial charge in [-0.05, 0) is 173 Å². The van der Waals surface area contributed by atoms with Crippen LogP contribution in [0.5, 0.6) is 0 Å². The first-order valence-corrected chi connectivity index (χ1v) is 46.4. The fourth-order valence-corrected chi connectivity index (χ4v) is 12.6. The van der Waals surface area contributed by atoms with Gasteiger partial charge in [0, 0.05) is 25.7 Å². The first-order valence-electron chi connectivity index (χ1n) is 43.4. The molecule has 0 aliphatic rings. The summed E-state index contributed by atoms with van der Waals surface area (Å²) in [5.41, 5.74) is 0. The van der Waals surface area contributed by atoms with Crippen LogP contribution in [-0.4, -0.2) is 96.7 Å². The molecule has 0 rings (SSSR count). The maximum atomic E-state index is 13.2. The maximum Gasteiger partial charge on any atom is 0.472 e. The molecule has 112 heavy (non-hydrogen) atoms. The summed E-state index contributed by atoms with van der Waals surface area (Å²) in [6, 6.07) is 0. The SMILES string of the molecule is CC/C=C\C/C=C\C/C=C\C/C=C\C/C=C\C/C=C\CCC(=O)OCC(COP(=O)(O)OCC(O)COP(=O)(O)OCC(COC(=O)CCCCCCCC/C=C\C/C=C\C/C=C\CCCCC)OC(=O)CCCCCCCC/C=C\C/C=C\C/C=C\CCCCC)OC(=O)CCCCCCC/C=C\C/C=C\CCCCC. The van der Waals surface area contributed by atoms with Gasteiger partial charge in [0.05, 0.1) is 26.4 Å². The van der Waals surface area contributed by atoms with Crippen LogP contribution in [0.3, 0.4) is 0 Å². The van der Waals surface area contributed by atoms with Gasteiger partial charge in [-0.3, -0.25) is 37.3 Å². The molecule has 0 saturated carbocycles. The van der Waals surface area contributed by atoms with Crippen molar-refractivity contribution in [2.75, 3.05) is 39.6 Å². The number of aliphatic hydroxyl groups excluding tert-OH is 1. The number of hydrogen-bond acceptors (Lipinski definition) is 15. The number of phosphoric acid groups is 2. The Morgan fingerprint density at radius 2 is 0.482 bits per heavy atom. The van der Waals surface area contributed by atoms with Gasteiger partial charge in [0.25, 0.3) is 0 Å². The van der Waals surface area contributed by atoms with E-state index in [2.05, 4.69) is 180 Å². The standard InChI is InChI=1S/C93H154O17P2/c1-5-9-13-17-21-25-29-33-37-40-43-46-50-53-57-61-65-69-73-77-90(95)103-83-88(109-92(97)79-75-71-67-63-59-55-49-36-32-28-24-20-16-12-8-4)85-107-111(99,100)105-81-87(94)82-106-112(101,102)108-86-89(110-93(98)80-76-72-68-64-60-56-52-48-45-42-39-35-31-27-23-19-15-11-7-3)84-104-91(96)78-74-70-66-62-58-54-51-47-44-41-38-34-30-26-22-18-14-10-6-2/h9,13,21-28,33-39,43-49,53,57,65,69,87-89,94H,5-8,10-12,14-20,29-32,40-42,50-52,54-56,58-64,66-68,70-86H2,1-4H3,(H,99,100)(H,101,102)/b13-9-,25-21-,26-22-,27-23-,28-24-,37-33-,38-34-,39-35-,46-43-,47-44-,48-45-,49-36-,57-53-,69-65-. The topological polar surface area (TPSA) is 237 Å². The van der Waals surface area contributed by atoms with Crippen molar-refractivity contribution in [3.63, 3.8) is 0 Å². The zero-order valence-electron chi connectivity index (χ0n) is 70.0. The minimum Gasteiger partial charge on any atom is -0.462 e. The molecule has 17 nitrogen and oxygen atoms in total. The Kier molecular flexibility index (Phi) is 79.2. The first kappa shape index (κ1) is 106. The maximum absolute atomic E-state index is 13.2. The molecule has 0 fully saturated rings. The molecule has 5 atom stereocenters. The number of ether oxygens (including phenoxy) is 4. The van der Waals surface area contributed by atoms with Crippen molar-refractivity contribution in [1.29, 1.82) is 0 Å². The van der Waals surface area contributed by atoms with Crippen LogP contribution in [0.25, 0.3) is 0 Å². The van der Waals surface area contributed by atoms with E-state index in [9.17, 15) is 43.2 Å². The molecule has 0 aliphatic heterocycles. The predicted octanol–water partition coefficient (Wildman–Crippen LogP) is 26.1. The predicted molar refractivity (Wildman–Crippen MR) is 463 cm³/mol. The summed E-state index contributed by atoms with van der Waals surface area (Å²) >= 11 is 0. The quantitative estimate of drug-likeness (QED) is 0.0169. The number of unbranched alkanes of at least 4 members (excludes halogenated alkanes) is 26. The molecule has 0 saturated heterocycles. The number of allylic oxidation sites excluding steroid dienone is 28. The van der Waals surface area contributed by atoms with E-state index < -0.39 is 97.5 Å². The Morgan fingerprint density at radius 3 is 0.768 bits per heavy atom. The number of hydrogen-bond donors (Lipinski definition) is 3. The van der Waals surface area contributed by atoms with Crippen LogP contribution in [0.2, 0.25) is 0 Å². The third kappa shape index (κ3) is 82.4. The number of rotatable bonds is 80. The molecule has 0 aromatic heterocycles. The minimum atomic E-state index is -5.01. The highest BCUT2D eigenvalue weighted by Gasteiger charge is 2.30.